The van der Waals surface area contributed by atoms with Crippen molar-refractivity contribution < 1.29 is 14.7 Å². The molecule has 0 unspecified atom stereocenters. The topological polar surface area (TPSA) is 107 Å². The zero-order valence-corrected chi connectivity index (χ0v) is 19.6. The number of pyridine rings is 1. The number of aliphatic hydroxyl groups excluding tert-OH is 1. The molecule has 1 fully saturated rings. The van der Waals surface area contributed by atoms with Crippen LogP contribution in [-0.2, 0) is 4.79 Å². The van der Waals surface area contributed by atoms with Crippen molar-refractivity contribution in [1.29, 1.82) is 0 Å². The number of aliphatic hydroxyl groups is 1. The molecule has 3 atom stereocenters. The van der Waals surface area contributed by atoms with Crippen molar-refractivity contribution >= 4 is 22.7 Å². The maximum Gasteiger partial charge on any atom is 0.268 e. The van der Waals surface area contributed by atoms with Crippen molar-refractivity contribution in [3.63, 3.8) is 0 Å². The van der Waals surface area contributed by atoms with E-state index in [1.54, 1.807) is 19.4 Å². The van der Waals surface area contributed by atoms with E-state index in [9.17, 15) is 14.7 Å². The predicted octanol–water partition coefficient (Wildman–Crippen LogP) is 3.79. The van der Waals surface area contributed by atoms with Crippen molar-refractivity contribution in [3.8, 4) is 0 Å². The Morgan fingerprint density at radius 1 is 1.22 bits per heavy atom. The number of fused-ring (bicyclic) bond motifs is 1. The van der Waals surface area contributed by atoms with Gasteiger partial charge in [-0.25, -0.2) is 0 Å². The van der Waals surface area contributed by atoms with Gasteiger partial charge in [0.15, 0.2) is 0 Å². The summed E-state index contributed by atoms with van der Waals surface area (Å²) >= 11 is 0. The number of amides is 2. The van der Waals surface area contributed by atoms with Gasteiger partial charge in [0.2, 0.25) is 5.91 Å². The minimum atomic E-state index is -0.784. The van der Waals surface area contributed by atoms with Crippen LogP contribution in [0.2, 0.25) is 0 Å². The van der Waals surface area contributed by atoms with E-state index in [4.69, 9.17) is 0 Å². The number of H-pyrrole nitrogens is 1. The van der Waals surface area contributed by atoms with Crippen molar-refractivity contribution in [2.75, 3.05) is 7.05 Å². The minimum absolute atomic E-state index is 0.0522. The molecule has 3 rings (SSSR count). The van der Waals surface area contributed by atoms with Gasteiger partial charge in [-0.1, -0.05) is 46.0 Å². The average molecular weight is 443 g/mol. The van der Waals surface area contributed by atoms with E-state index in [-0.39, 0.29) is 17.7 Å². The molecule has 176 valence electrons. The van der Waals surface area contributed by atoms with Crippen molar-refractivity contribution in [1.82, 2.24) is 20.6 Å². The minimum Gasteiger partial charge on any atom is -0.391 e. The summed E-state index contributed by atoms with van der Waals surface area (Å²) in [5.41, 5.74) is 1.26. The zero-order valence-electron chi connectivity index (χ0n) is 19.6. The van der Waals surface area contributed by atoms with E-state index in [2.05, 4.69) is 34.4 Å². The molecule has 7 heteroatoms. The highest BCUT2D eigenvalue weighted by molar-refractivity contribution is 5.98. The molecule has 0 bridgehead atoms. The summed E-state index contributed by atoms with van der Waals surface area (Å²) in [6.07, 6.45) is 10.3. The smallest absolute Gasteiger partial charge is 0.268 e. The van der Waals surface area contributed by atoms with Gasteiger partial charge < -0.3 is 20.7 Å². The number of carbonyl (C=O) groups is 2. The number of nitrogens with one attached hydrogen (secondary N) is 3. The summed E-state index contributed by atoms with van der Waals surface area (Å²) in [6, 6.07) is 3.27. The Balaban J connectivity index is 1.75. The highest BCUT2D eigenvalue weighted by atomic mass is 16.3. The zero-order chi connectivity index (χ0) is 23.1. The lowest BCUT2D eigenvalue weighted by molar-refractivity contribution is -0.126. The van der Waals surface area contributed by atoms with E-state index in [0.29, 0.717) is 30.4 Å². The number of rotatable bonds is 10. The number of hydrogen-bond donors (Lipinski definition) is 4. The number of nitrogens with zero attached hydrogens (tertiary/aromatic N) is 1. The van der Waals surface area contributed by atoms with Crippen LogP contribution >= 0.6 is 0 Å². The van der Waals surface area contributed by atoms with Crippen molar-refractivity contribution in [3.05, 3.63) is 30.2 Å². The first-order chi connectivity index (χ1) is 15.4. The lowest BCUT2D eigenvalue weighted by Gasteiger charge is -2.31. The number of aromatic amines is 1. The monoisotopic (exact) mass is 442 g/mol. The van der Waals surface area contributed by atoms with Crippen LogP contribution in [0.4, 0.5) is 0 Å². The molecule has 2 aromatic rings. The summed E-state index contributed by atoms with van der Waals surface area (Å²) in [5, 5.41) is 17.9. The normalized spacial score (nSPS) is 17.8. The molecule has 0 spiro atoms. The molecule has 2 amide bonds. The molecular weight excluding hydrogens is 404 g/mol. The Morgan fingerprint density at radius 3 is 2.62 bits per heavy atom. The number of carbonyl (C=O) groups excluding carboxylic acids is 2. The van der Waals surface area contributed by atoms with Crippen molar-refractivity contribution in [2.45, 2.75) is 77.4 Å². The highest BCUT2D eigenvalue weighted by Crippen LogP contribution is 2.29. The van der Waals surface area contributed by atoms with E-state index >= 15 is 0 Å². The van der Waals surface area contributed by atoms with Gasteiger partial charge in [-0.3, -0.25) is 14.6 Å². The van der Waals surface area contributed by atoms with Crippen LogP contribution in [0.1, 0.15) is 75.7 Å². The quantitative estimate of drug-likeness (QED) is 0.449. The molecule has 1 aliphatic carbocycles. The molecule has 0 aliphatic heterocycles. The first kappa shape index (κ1) is 24.2. The van der Waals surface area contributed by atoms with E-state index < -0.39 is 12.1 Å². The second-order valence-electron chi connectivity index (χ2n) is 9.71. The SMILES string of the molecule is CNC(=O)[C@H](CC(C)C)C[C@H](O)[C@H](CC1CCCCC1)NC(=O)c1cc2ccncc2[nH]1. The Kier molecular flexibility index (Phi) is 8.67. The fourth-order valence-electron chi connectivity index (χ4n) is 4.97. The summed E-state index contributed by atoms with van der Waals surface area (Å²) in [7, 11) is 1.63. The van der Waals surface area contributed by atoms with Crippen LogP contribution < -0.4 is 10.6 Å². The largest absolute Gasteiger partial charge is 0.391 e. The first-order valence-electron chi connectivity index (χ1n) is 12.0. The second kappa shape index (κ2) is 11.5. The van der Waals surface area contributed by atoms with Crippen molar-refractivity contribution in [2.24, 2.45) is 17.8 Å². The fourth-order valence-corrected chi connectivity index (χ4v) is 4.97. The van der Waals surface area contributed by atoms with Gasteiger partial charge >= 0.3 is 0 Å². The molecule has 0 saturated heterocycles. The second-order valence-corrected chi connectivity index (χ2v) is 9.71. The number of aromatic nitrogens is 2. The van der Waals surface area contributed by atoms with Crippen LogP contribution in [0, 0.1) is 17.8 Å². The highest BCUT2D eigenvalue weighted by Gasteiger charge is 2.31. The third-order valence-corrected chi connectivity index (χ3v) is 6.66. The molecule has 32 heavy (non-hydrogen) atoms. The average Bonchev–Trinajstić information content (AvgIpc) is 3.22. The van der Waals surface area contributed by atoms with Crippen LogP contribution in [0.5, 0.6) is 0 Å². The summed E-state index contributed by atoms with van der Waals surface area (Å²) < 4.78 is 0. The van der Waals surface area contributed by atoms with Crippen LogP contribution in [0.25, 0.3) is 10.9 Å². The molecule has 0 radical (unpaired) electrons. The summed E-state index contributed by atoms with van der Waals surface area (Å²) in [4.78, 5) is 32.7. The van der Waals surface area contributed by atoms with Gasteiger partial charge in [0, 0.05) is 24.5 Å². The third kappa shape index (κ3) is 6.55. The molecule has 0 aromatic carbocycles. The van der Waals surface area contributed by atoms with Crippen LogP contribution in [-0.4, -0.2) is 46.1 Å². The van der Waals surface area contributed by atoms with Gasteiger partial charge in [-0.2, -0.15) is 0 Å². The van der Waals surface area contributed by atoms with E-state index in [1.807, 2.05) is 12.1 Å². The predicted molar refractivity (Wildman–Crippen MR) is 126 cm³/mol. The third-order valence-electron chi connectivity index (χ3n) is 6.66. The Morgan fingerprint density at radius 2 is 1.97 bits per heavy atom. The molecule has 2 heterocycles. The maximum absolute atomic E-state index is 13.1. The molecule has 1 aliphatic rings. The molecule has 7 nitrogen and oxygen atoms in total. The van der Waals surface area contributed by atoms with Crippen LogP contribution in [0.3, 0.4) is 0 Å². The van der Waals surface area contributed by atoms with E-state index in [1.165, 1.54) is 19.3 Å². The van der Waals surface area contributed by atoms with Gasteiger partial charge in [0.05, 0.1) is 23.9 Å². The fraction of sp³-hybridized carbons (Fsp3) is 0.640. The lowest BCUT2D eigenvalue weighted by atomic mass is 9.81. The Hall–Kier alpha value is -2.41. The molecule has 4 N–H and O–H groups in total. The lowest BCUT2D eigenvalue weighted by Crippen LogP contribution is -2.46. The van der Waals surface area contributed by atoms with Crippen LogP contribution in [0.15, 0.2) is 24.5 Å². The van der Waals surface area contributed by atoms with E-state index in [0.717, 1.165) is 30.2 Å². The summed E-state index contributed by atoms with van der Waals surface area (Å²) in [6.45, 7) is 4.16. The van der Waals surface area contributed by atoms with Gasteiger partial charge in [-0.05, 0) is 43.2 Å². The summed E-state index contributed by atoms with van der Waals surface area (Å²) in [5.74, 6) is 0.264. The Labute approximate surface area is 190 Å². The maximum atomic E-state index is 13.1. The van der Waals surface area contributed by atoms with Gasteiger partial charge in [-0.15, -0.1) is 0 Å². The molecular formula is C25H38N4O3. The Bertz CT molecular complexity index is 855. The van der Waals surface area contributed by atoms with Gasteiger partial charge in [0.1, 0.15) is 5.69 Å². The number of hydrogen-bond acceptors (Lipinski definition) is 4. The standard InChI is InChI=1S/C25H38N4O3/c1-16(2)11-19(24(31)26-3)14-23(30)20(12-17-7-5-4-6-8-17)29-25(32)21-13-18-9-10-27-15-22(18)28-21/h9-10,13,15-17,19-20,23,28,30H,4-8,11-12,14H2,1-3H3,(H,26,31)(H,29,32)/t19-,20+,23+/m1/s1. The first-order valence-corrected chi connectivity index (χ1v) is 12.0. The molecule has 2 aromatic heterocycles. The molecule has 1 saturated carbocycles. The van der Waals surface area contributed by atoms with Gasteiger partial charge in [0.25, 0.3) is 5.91 Å².